The Morgan fingerprint density at radius 1 is 0.657 bits per heavy atom. The first-order valence-electron chi connectivity index (χ1n) is 11.4. The average molecular weight is 485 g/mol. The minimum Gasteiger partial charge on any atom is -0.380 e. The Labute approximate surface area is 202 Å². The zero-order valence-electron chi connectivity index (χ0n) is 19.2. The molecule has 0 bridgehead atoms. The zero-order chi connectivity index (χ0) is 25.4. The largest absolute Gasteiger partial charge is 0.380 e. The van der Waals surface area contributed by atoms with Crippen LogP contribution >= 0.6 is 0 Å². The number of ether oxygens (including phenoxy) is 1. The molecule has 0 aromatic rings. The van der Waals surface area contributed by atoms with E-state index < -0.39 is 40.9 Å². The fraction of sp³-hybridized carbons (Fsp3) is 0.458. The van der Waals surface area contributed by atoms with Crippen LogP contribution in [0.4, 0.5) is 0 Å². The van der Waals surface area contributed by atoms with Crippen LogP contribution in [-0.2, 0) is 38.3 Å². The number of carbonyl (C=O) groups is 7. The van der Waals surface area contributed by atoms with E-state index >= 15 is 0 Å². The zero-order valence-corrected chi connectivity index (χ0v) is 19.2. The van der Waals surface area contributed by atoms with Gasteiger partial charge in [-0.3, -0.25) is 43.5 Å². The smallest absolute Gasteiger partial charge is 0.253 e. The molecule has 11 nitrogen and oxygen atoms in total. The molecule has 0 fully saturated rings. The van der Waals surface area contributed by atoms with Gasteiger partial charge in [0.15, 0.2) is 0 Å². The van der Waals surface area contributed by atoms with Crippen molar-refractivity contribution in [3.63, 3.8) is 0 Å². The van der Waals surface area contributed by atoms with Crippen LogP contribution in [0, 0.1) is 5.41 Å². The maximum absolute atomic E-state index is 12.3. The average Bonchev–Trinajstić information content (AvgIpc) is 3.44. The summed E-state index contributed by atoms with van der Waals surface area (Å²) in [6.07, 6.45) is 9.55. The molecule has 0 radical (unpaired) electrons. The van der Waals surface area contributed by atoms with Gasteiger partial charge >= 0.3 is 0 Å². The van der Waals surface area contributed by atoms with Crippen molar-refractivity contribution >= 4 is 41.7 Å². The number of aldehydes is 1. The van der Waals surface area contributed by atoms with Crippen molar-refractivity contribution in [2.24, 2.45) is 5.41 Å². The fourth-order valence-corrected chi connectivity index (χ4v) is 4.34. The molecule has 0 aromatic heterocycles. The van der Waals surface area contributed by atoms with E-state index in [0.29, 0.717) is 32.0 Å². The van der Waals surface area contributed by atoms with Crippen LogP contribution < -0.4 is 0 Å². The highest BCUT2D eigenvalue weighted by Crippen LogP contribution is 2.33. The molecular weight excluding hydrogens is 458 g/mol. The van der Waals surface area contributed by atoms with Gasteiger partial charge in [-0.2, -0.15) is 0 Å². The van der Waals surface area contributed by atoms with E-state index in [9.17, 15) is 33.6 Å². The number of nitrogens with zero attached hydrogens (tertiary/aromatic N) is 3. The van der Waals surface area contributed by atoms with Gasteiger partial charge in [-0.05, 0) is 25.7 Å². The monoisotopic (exact) mass is 485 g/mol. The first-order valence-corrected chi connectivity index (χ1v) is 11.4. The lowest BCUT2D eigenvalue weighted by Gasteiger charge is -2.37. The second-order valence-corrected chi connectivity index (χ2v) is 8.63. The van der Waals surface area contributed by atoms with Crippen LogP contribution in [0.5, 0.6) is 0 Å². The van der Waals surface area contributed by atoms with E-state index in [4.69, 9.17) is 4.74 Å². The van der Waals surface area contributed by atoms with Crippen molar-refractivity contribution in [2.45, 2.75) is 32.1 Å². The van der Waals surface area contributed by atoms with Crippen molar-refractivity contribution in [3.8, 4) is 0 Å². The second-order valence-electron chi connectivity index (χ2n) is 8.63. The van der Waals surface area contributed by atoms with Crippen molar-refractivity contribution < 1.29 is 38.3 Å². The van der Waals surface area contributed by atoms with E-state index in [-0.39, 0.29) is 39.3 Å². The van der Waals surface area contributed by atoms with Gasteiger partial charge in [-0.25, -0.2) is 0 Å². The number of hydrogen-bond acceptors (Lipinski definition) is 8. The Bertz CT molecular complexity index is 910. The molecule has 0 spiro atoms. The molecule has 35 heavy (non-hydrogen) atoms. The quantitative estimate of drug-likeness (QED) is 0.178. The number of carbonyl (C=O) groups excluding carboxylic acids is 7. The molecule has 3 aliphatic rings. The Morgan fingerprint density at radius 3 is 1.46 bits per heavy atom. The summed E-state index contributed by atoms with van der Waals surface area (Å²) in [5.41, 5.74) is -0.793. The lowest BCUT2D eigenvalue weighted by Crippen LogP contribution is -2.45. The number of amides is 6. The molecule has 0 N–H and O–H groups in total. The Kier molecular flexibility index (Phi) is 8.58. The summed E-state index contributed by atoms with van der Waals surface area (Å²) in [5.74, 6) is -2.55. The Hall–Kier alpha value is -3.73. The third-order valence-corrected chi connectivity index (χ3v) is 6.16. The van der Waals surface area contributed by atoms with E-state index in [2.05, 4.69) is 0 Å². The number of imide groups is 3. The van der Waals surface area contributed by atoms with E-state index in [0.717, 1.165) is 14.7 Å². The van der Waals surface area contributed by atoms with Crippen LogP contribution in [0.3, 0.4) is 0 Å². The molecule has 186 valence electrons. The molecule has 0 aliphatic carbocycles. The highest BCUT2D eigenvalue weighted by atomic mass is 16.5. The van der Waals surface area contributed by atoms with Gasteiger partial charge in [0.2, 0.25) is 0 Å². The molecule has 0 atom stereocenters. The predicted octanol–water partition coefficient (Wildman–Crippen LogP) is -0.0862. The summed E-state index contributed by atoms with van der Waals surface area (Å²) in [7, 11) is 0. The topological polar surface area (TPSA) is 138 Å². The molecule has 3 aliphatic heterocycles. The minimum absolute atomic E-state index is 0.0129. The summed E-state index contributed by atoms with van der Waals surface area (Å²) in [6.45, 7) is 0.546. The number of rotatable bonds is 15. The Balaban J connectivity index is 1.73. The standard InChI is InChI=1S/C24H27N3O8/c28-14-3-15-35-17-24(16-27-22(33)8-9-23(27)34,10-1-12-25-18(29)4-5-19(25)30)11-2-13-26-20(31)6-7-21(26)32/h4-9,14H,1-3,10-13,15-17H2. The van der Waals surface area contributed by atoms with Crippen LogP contribution in [0.1, 0.15) is 32.1 Å². The first-order chi connectivity index (χ1) is 16.8. The highest BCUT2D eigenvalue weighted by Gasteiger charge is 2.38. The van der Waals surface area contributed by atoms with Crippen molar-refractivity contribution in [2.75, 3.05) is 32.8 Å². The summed E-state index contributed by atoms with van der Waals surface area (Å²) in [4.78, 5) is 86.3. The van der Waals surface area contributed by atoms with Gasteiger partial charge in [0.05, 0.1) is 13.2 Å². The summed E-state index contributed by atoms with van der Waals surface area (Å²) in [5, 5.41) is 0. The molecule has 0 unspecified atom stereocenters. The van der Waals surface area contributed by atoms with Crippen LogP contribution in [0.25, 0.3) is 0 Å². The normalized spacial score (nSPS) is 17.8. The third-order valence-electron chi connectivity index (χ3n) is 6.16. The van der Waals surface area contributed by atoms with Gasteiger partial charge in [-0.15, -0.1) is 0 Å². The minimum atomic E-state index is -0.793. The summed E-state index contributed by atoms with van der Waals surface area (Å²) in [6, 6.07) is 0. The van der Waals surface area contributed by atoms with Gasteiger partial charge < -0.3 is 9.53 Å². The van der Waals surface area contributed by atoms with Gasteiger partial charge in [0.1, 0.15) is 6.29 Å². The van der Waals surface area contributed by atoms with Crippen LogP contribution in [-0.4, -0.2) is 89.3 Å². The molecule has 3 heterocycles. The maximum Gasteiger partial charge on any atom is 0.253 e. The third kappa shape index (κ3) is 6.44. The van der Waals surface area contributed by atoms with Crippen LogP contribution in [0.2, 0.25) is 0 Å². The lowest BCUT2D eigenvalue weighted by atomic mass is 9.78. The van der Waals surface area contributed by atoms with E-state index in [1.165, 1.54) is 36.5 Å². The maximum atomic E-state index is 12.3. The molecule has 6 amide bonds. The highest BCUT2D eigenvalue weighted by molar-refractivity contribution is 6.14. The SMILES string of the molecule is O=CCCOCC(CCCN1C(=O)C=CC1=O)(CCCN1C(=O)C=CC1=O)CN1C(=O)C=CC1=O. The lowest BCUT2D eigenvalue weighted by molar-refractivity contribution is -0.140. The van der Waals surface area contributed by atoms with Crippen LogP contribution in [0.15, 0.2) is 36.5 Å². The summed E-state index contributed by atoms with van der Waals surface area (Å²) >= 11 is 0. The molecule has 0 saturated carbocycles. The fourth-order valence-electron chi connectivity index (χ4n) is 4.34. The van der Waals surface area contributed by atoms with Gasteiger partial charge in [0.25, 0.3) is 35.4 Å². The van der Waals surface area contributed by atoms with E-state index in [1.54, 1.807) is 0 Å². The van der Waals surface area contributed by atoms with Gasteiger partial charge in [-0.1, -0.05) is 0 Å². The number of hydrogen-bond donors (Lipinski definition) is 0. The second kappa shape index (κ2) is 11.6. The van der Waals surface area contributed by atoms with Crippen molar-refractivity contribution in [3.05, 3.63) is 36.5 Å². The van der Waals surface area contributed by atoms with Crippen molar-refractivity contribution in [1.29, 1.82) is 0 Å². The molecular formula is C24H27N3O8. The first kappa shape index (κ1) is 25.9. The molecule has 11 heteroatoms. The van der Waals surface area contributed by atoms with Gasteiger partial charge in [0, 0.05) is 67.9 Å². The van der Waals surface area contributed by atoms with E-state index in [1.807, 2.05) is 0 Å². The molecule has 0 aromatic carbocycles. The summed E-state index contributed by atoms with van der Waals surface area (Å²) < 4.78 is 5.73. The molecule has 3 rings (SSSR count). The van der Waals surface area contributed by atoms with Crippen molar-refractivity contribution in [1.82, 2.24) is 14.7 Å². The Morgan fingerprint density at radius 2 is 1.06 bits per heavy atom. The molecule has 0 saturated heterocycles. The predicted molar refractivity (Wildman–Crippen MR) is 120 cm³/mol.